The lowest BCUT2D eigenvalue weighted by Gasteiger charge is -2.18. The number of benzene rings is 2. The summed E-state index contributed by atoms with van der Waals surface area (Å²) in [6.07, 6.45) is -2.38. The number of azide groups is 1. The van der Waals surface area contributed by atoms with Crippen LogP contribution >= 0.6 is 0 Å². The topological polar surface area (TPSA) is 108 Å². The normalized spacial score (nSPS) is 12.8. The van der Waals surface area contributed by atoms with Crippen LogP contribution in [0.25, 0.3) is 10.4 Å². The van der Waals surface area contributed by atoms with E-state index in [2.05, 4.69) is 10.0 Å². The summed E-state index contributed by atoms with van der Waals surface area (Å²) < 4.78 is 11.0. The summed E-state index contributed by atoms with van der Waals surface area (Å²) in [7, 11) is 1.50. The smallest absolute Gasteiger partial charge is 0.161 e. The summed E-state index contributed by atoms with van der Waals surface area (Å²) in [6, 6.07) is 14.6. The SMILES string of the molecule is COc1cc(C(O)C(O)CN=[N+]=[N-])ccc1OCc1ccccc1. The van der Waals surface area contributed by atoms with Gasteiger partial charge in [0.15, 0.2) is 11.5 Å². The third kappa shape index (κ3) is 4.63. The molecule has 0 aliphatic heterocycles. The van der Waals surface area contributed by atoms with E-state index >= 15 is 0 Å². The number of rotatable bonds is 8. The fourth-order valence-corrected chi connectivity index (χ4v) is 2.16. The van der Waals surface area contributed by atoms with Crippen LogP contribution in [-0.4, -0.2) is 30.0 Å². The monoisotopic (exact) mass is 329 g/mol. The zero-order valence-electron chi connectivity index (χ0n) is 13.2. The van der Waals surface area contributed by atoms with E-state index in [1.807, 2.05) is 30.3 Å². The highest BCUT2D eigenvalue weighted by Gasteiger charge is 2.19. The van der Waals surface area contributed by atoms with Gasteiger partial charge in [-0.3, -0.25) is 0 Å². The first-order valence-corrected chi connectivity index (χ1v) is 7.37. The Morgan fingerprint density at radius 1 is 1.12 bits per heavy atom. The number of aliphatic hydroxyl groups is 2. The first kappa shape index (κ1) is 17.6. The Labute approximate surface area is 139 Å². The molecule has 0 fully saturated rings. The maximum absolute atomic E-state index is 10.1. The Bertz CT molecular complexity index is 702. The Morgan fingerprint density at radius 3 is 2.54 bits per heavy atom. The molecular weight excluding hydrogens is 310 g/mol. The molecule has 7 heteroatoms. The number of methoxy groups -OCH3 is 1. The quantitative estimate of drug-likeness (QED) is 0.441. The van der Waals surface area contributed by atoms with Gasteiger partial charge < -0.3 is 19.7 Å². The first-order valence-electron chi connectivity index (χ1n) is 7.37. The minimum absolute atomic E-state index is 0.216. The number of nitrogens with zero attached hydrogens (tertiary/aromatic N) is 3. The second-order valence-corrected chi connectivity index (χ2v) is 5.11. The molecule has 0 saturated carbocycles. The third-order valence-electron chi connectivity index (χ3n) is 3.46. The third-order valence-corrected chi connectivity index (χ3v) is 3.46. The average molecular weight is 329 g/mol. The van der Waals surface area contributed by atoms with Crippen molar-refractivity contribution < 1.29 is 19.7 Å². The second kappa shape index (κ2) is 8.79. The molecule has 2 rings (SSSR count). The van der Waals surface area contributed by atoms with E-state index in [0.29, 0.717) is 23.7 Å². The zero-order valence-corrected chi connectivity index (χ0v) is 13.2. The van der Waals surface area contributed by atoms with Gasteiger partial charge in [-0.15, -0.1) is 0 Å². The molecule has 0 radical (unpaired) electrons. The van der Waals surface area contributed by atoms with Crippen LogP contribution in [0.3, 0.4) is 0 Å². The molecule has 2 unspecified atom stereocenters. The Kier molecular flexibility index (Phi) is 6.45. The highest BCUT2D eigenvalue weighted by Crippen LogP contribution is 2.32. The highest BCUT2D eigenvalue weighted by molar-refractivity contribution is 5.44. The van der Waals surface area contributed by atoms with Gasteiger partial charge in [0, 0.05) is 4.91 Å². The van der Waals surface area contributed by atoms with E-state index in [1.165, 1.54) is 7.11 Å². The van der Waals surface area contributed by atoms with Gasteiger partial charge >= 0.3 is 0 Å². The van der Waals surface area contributed by atoms with Crippen molar-refractivity contribution in [2.24, 2.45) is 5.11 Å². The van der Waals surface area contributed by atoms with Crippen molar-refractivity contribution in [2.45, 2.75) is 18.8 Å². The summed E-state index contributed by atoms with van der Waals surface area (Å²) in [6.45, 7) is 0.171. The predicted octanol–water partition coefficient (Wildman–Crippen LogP) is 2.98. The van der Waals surface area contributed by atoms with Crippen LogP contribution in [0, 0.1) is 0 Å². The fourth-order valence-electron chi connectivity index (χ4n) is 2.16. The van der Waals surface area contributed by atoms with Gasteiger partial charge in [0.25, 0.3) is 0 Å². The van der Waals surface area contributed by atoms with Crippen molar-refractivity contribution in [2.75, 3.05) is 13.7 Å². The summed E-state index contributed by atoms with van der Waals surface area (Å²) in [5.41, 5.74) is 9.73. The van der Waals surface area contributed by atoms with Crippen LogP contribution in [0.5, 0.6) is 11.5 Å². The van der Waals surface area contributed by atoms with Gasteiger partial charge in [0.1, 0.15) is 12.7 Å². The molecule has 7 nitrogen and oxygen atoms in total. The van der Waals surface area contributed by atoms with E-state index in [-0.39, 0.29) is 6.54 Å². The van der Waals surface area contributed by atoms with Crippen molar-refractivity contribution >= 4 is 0 Å². The van der Waals surface area contributed by atoms with Crippen molar-refractivity contribution in [1.82, 2.24) is 0 Å². The van der Waals surface area contributed by atoms with Crippen molar-refractivity contribution in [1.29, 1.82) is 0 Å². The van der Waals surface area contributed by atoms with Crippen LogP contribution in [0.1, 0.15) is 17.2 Å². The molecule has 2 aromatic rings. The van der Waals surface area contributed by atoms with Crippen molar-refractivity contribution in [3.8, 4) is 11.5 Å². The van der Waals surface area contributed by atoms with Gasteiger partial charge in [-0.1, -0.05) is 41.5 Å². The minimum atomic E-state index is -1.19. The van der Waals surface area contributed by atoms with E-state index in [4.69, 9.17) is 15.0 Å². The maximum atomic E-state index is 10.1. The zero-order chi connectivity index (χ0) is 17.4. The summed E-state index contributed by atoms with van der Waals surface area (Å²) in [4.78, 5) is 2.56. The molecule has 0 aromatic heterocycles. The van der Waals surface area contributed by atoms with E-state index < -0.39 is 12.2 Å². The van der Waals surface area contributed by atoms with Gasteiger partial charge in [-0.2, -0.15) is 0 Å². The molecule has 0 amide bonds. The van der Waals surface area contributed by atoms with Crippen LogP contribution in [-0.2, 0) is 6.61 Å². The summed E-state index contributed by atoms with van der Waals surface area (Å²) in [5, 5.41) is 23.2. The highest BCUT2D eigenvalue weighted by atomic mass is 16.5. The van der Waals surface area contributed by atoms with Crippen molar-refractivity contribution in [3.05, 3.63) is 70.1 Å². The van der Waals surface area contributed by atoms with E-state index in [0.717, 1.165) is 5.56 Å². The summed E-state index contributed by atoms with van der Waals surface area (Å²) in [5.74, 6) is 0.973. The van der Waals surface area contributed by atoms with E-state index in [1.54, 1.807) is 18.2 Å². The molecule has 0 saturated heterocycles. The van der Waals surface area contributed by atoms with Gasteiger partial charge in [0.2, 0.25) is 0 Å². The molecule has 0 bridgehead atoms. The molecule has 2 atom stereocenters. The molecule has 2 N–H and O–H groups in total. The average Bonchev–Trinajstić information content (AvgIpc) is 2.64. The predicted molar refractivity (Wildman–Crippen MR) is 88.7 cm³/mol. The Hall–Kier alpha value is -2.73. The largest absolute Gasteiger partial charge is 0.493 e. The molecule has 0 spiro atoms. The minimum Gasteiger partial charge on any atom is -0.493 e. The number of hydrogen-bond donors (Lipinski definition) is 2. The lowest BCUT2D eigenvalue weighted by atomic mass is 10.0. The van der Waals surface area contributed by atoms with Gasteiger partial charge in [-0.25, -0.2) is 0 Å². The molecular formula is C17H19N3O4. The lowest BCUT2D eigenvalue weighted by Crippen LogP contribution is -2.21. The molecule has 0 aliphatic rings. The van der Waals surface area contributed by atoms with Crippen molar-refractivity contribution in [3.63, 3.8) is 0 Å². The van der Waals surface area contributed by atoms with E-state index in [9.17, 15) is 10.2 Å². The number of hydrogen-bond acceptors (Lipinski definition) is 5. The van der Waals surface area contributed by atoms with Crippen LogP contribution < -0.4 is 9.47 Å². The molecule has 126 valence electrons. The standard InChI is InChI=1S/C17H19N3O4/c1-23-16-9-13(17(22)14(21)10-19-20-18)7-8-15(16)24-11-12-5-3-2-4-6-12/h2-9,14,17,21-22H,10-11H2,1H3. The maximum Gasteiger partial charge on any atom is 0.161 e. The van der Waals surface area contributed by atoms with Crippen LogP contribution in [0.4, 0.5) is 0 Å². The molecule has 0 heterocycles. The fraction of sp³-hybridized carbons (Fsp3) is 0.294. The number of aliphatic hydroxyl groups excluding tert-OH is 2. The van der Waals surface area contributed by atoms with Gasteiger partial charge in [-0.05, 0) is 28.8 Å². The summed E-state index contributed by atoms with van der Waals surface area (Å²) >= 11 is 0. The van der Waals surface area contributed by atoms with Crippen LogP contribution in [0.15, 0.2) is 53.6 Å². The van der Waals surface area contributed by atoms with Crippen LogP contribution in [0.2, 0.25) is 0 Å². The lowest BCUT2D eigenvalue weighted by molar-refractivity contribution is 0.0242. The first-order chi connectivity index (χ1) is 11.7. The Morgan fingerprint density at radius 2 is 1.88 bits per heavy atom. The molecule has 0 aliphatic carbocycles. The number of ether oxygens (including phenoxy) is 2. The molecule has 2 aromatic carbocycles. The molecule has 24 heavy (non-hydrogen) atoms. The Balaban J connectivity index is 2.10. The van der Waals surface area contributed by atoms with Gasteiger partial charge in [0.05, 0.1) is 19.8 Å². The second-order valence-electron chi connectivity index (χ2n) is 5.11.